The molecule has 0 aliphatic carbocycles. The molecular formula is C18H21ClFN7O3S. The van der Waals surface area contributed by atoms with Gasteiger partial charge in [0.2, 0.25) is 15.9 Å². The molecule has 0 aliphatic rings. The van der Waals surface area contributed by atoms with Crippen molar-refractivity contribution >= 4 is 44.4 Å². The van der Waals surface area contributed by atoms with Crippen molar-refractivity contribution in [2.24, 2.45) is 0 Å². The zero-order valence-electron chi connectivity index (χ0n) is 16.7. The van der Waals surface area contributed by atoms with E-state index in [2.05, 4.69) is 35.3 Å². The summed E-state index contributed by atoms with van der Waals surface area (Å²) in [7, 11) is -3.34. The van der Waals surface area contributed by atoms with E-state index < -0.39 is 27.8 Å². The minimum atomic E-state index is -3.34. The first-order chi connectivity index (χ1) is 14.7. The summed E-state index contributed by atoms with van der Waals surface area (Å²) in [6.45, 7) is 3.18. The number of amides is 1. The van der Waals surface area contributed by atoms with Gasteiger partial charge >= 0.3 is 0 Å². The number of H-pyrrole nitrogens is 1. The predicted octanol–water partition coefficient (Wildman–Crippen LogP) is 1.67. The molecule has 31 heavy (non-hydrogen) atoms. The van der Waals surface area contributed by atoms with E-state index in [0.717, 1.165) is 6.20 Å². The Kier molecular flexibility index (Phi) is 7.03. The number of nitrogens with one attached hydrogen (secondary N) is 4. The maximum atomic E-state index is 14.3. The number of hydrogen-bond donors (Lipinski definition) is 4. The fraction of sp³-hybridized carbons (Fsp3) is 0.333. The van der Waals surface area contributed by atoms with Crippen molar-refractivity contribution in [1.82, 2.24) is 30.0 Å². The van der Waals surface area contributed by atoms with Gasteiger partial charge in [-0.2, -0.15) is 0 Å². The maximum absolute atomic E-state index is 14.3. The van der Waals surface area contributed by atoms with Gasteiger partial charge in [0.15, 0.2) is 17.5 Å². The predicted molar refractivity (Wildman–Crippen MR) is 116 cm³/mol. The van der Waals surface area contributed by atoms with Crippen molar-refractivity contribution in [2.45, 2.75) is 19.9 Å². The second-order valence-corrected chi connectivity index (χ2v) is 9.13. The van der Waals surface area contributed by atoms with Crippen LogP contribution < -0.4 is 15.4 Å². The molecule has 0 radical (unpaired) electrons. The van der Waals surface area contributed by atoms with Crippen molar-refractivity contribution < 1.29 is 17.6 Å². The molecule has 166 valence electrons. The fourth-order valence-electron chi connectivity index (χ4n) is 2.68. The van der Waals surface area contributed by atoms with Gasteiger partial charge in [0.05, 0.1) is 17.0 Å². The van der Waals surface area contributed by atoms with Crippen molar-refractivity contribution in [2.75, 3.05) is 24.2 Å². The molecule has 1 atom stereocenters. The highest BCUT2D eigenvalue weighted by Crippen LogP contribution is 2.28. The van der Waals surface area contributed by atoms with E-state index in [1.165, 1.54) is 20.0 Å². The van der Waals surface area contributed by atoms with Crippen molar-refractivity contribution in [3.8, 4) is 11.4 Å². The Bertz CT molecular complexity index is 1200. The normalized spacial score (nSPS) is 12.6. The first kappa shape index (κ1) is 22.8. The molecule has 3 rings (SSSR count). The summed E-state index contributed by atoms with van der Waals surface area (Å²) < 4.78 is 39.4. The quantitative estimate of drug-likeness (QED) is 0.349. The van der Waals surface area contributed by atoms with Crippen LogP contribution in [0.1, 0.15) is 13.8 Å². The number of aromatic amines is 1. The number of aromatic nitrogens is 4. The van der Waals surface area contributed by atoms with Gasteiger partial charge in [-0.1, -0.05) is 11.6 Å². The largest absolute Gasteiger partial charge is 0.356 e. The molecule has 0 bridgehead atoms. The Morgan fingerprint density at radius 3 is 2.81 bits per heavy atom. The molecule has 0 aliphatic heterocycles. The lowest BCUT2D eigenvalue weighted by Gasteiger charge is -2.15. The number of carbonyl (C=O) groups excluding carboxylic acids is 1. The summed E-state index contributed by atoms with van der Waals surface area (Å²) in [4.78, 5) is 27.6. The average Bonchev–Trinajstić information content (AvgIpc) is 3.15. The van der Waals surface area contributed by atoms with E-state index in [-0.39, 0.29) is 30.5 Å². The molecule has 0 unspecified atom stereocenters. The van der Waals surface area contributed by atoms with Crippen molar-refractivity contribution in [3.63, 3.8) is 0 Å². The molecule has 0 saturated heterocycles. The van der Waals surface area contributed by atoms with E-state index in [1.807, 2.05) is 0 Å². The van der Waals surface area contributed by atoms with Gasteiger partial charge in [0, 0.05) is 36.4 Å². The highest BCUT2D eigenvalue weighted by molar-refractivity contribution is 7.89. The van der Waals surface area contributed by atoms with Gasteiger partial charge in [-0.25, -0.2) is 32.5 Å². The van der Waals surface area contributed by atoms with Gasteiger partial charge < -0.3 is 15.6 Å². The van der Waals surface area contributed by atoms with Crippen LogP contribution in [0.2, 0.25) is 5.02 Å². The number of carbonyl (C=O) groups is 1. The van der Waals surface area contributed by atoms with Crippen LogP contribution in [0.15, 0.2) is 24.7 Å². The zero-order chi connectivity index (χ0) is 22.6. The number of nitrogens with zero attached hydrogens (tertiary/aromatic N) is 3. The smallest absolute Gasteiger partial charge is 0.242 e. The molecule has 13 heteroatoms. The van der Waals surface area contributed by atoms with E-state index in [1.54, 1.807) is 12.3 Å². The SMILES string of the molecule is CCS(=O)(=O)NCCNC(=O)[C@H](C)Nc1nc(-c2c[nH]c3ncc(Cl)cc23)ncc1F. The molecule has 0 saturated carbocycles. The summed E-state index contributed by atoms with van der Waals surface area (Å²) in [5, 5.41) is 6.38. The molecule has 10 nitrogen and oxygen atoms in total. The molecule has 0 fully saturated rings. The number of hydrogen-bond acceptors (Lipinski definition) is 7. The Balaban J connectivity index is 1.69. The minimum absolute atomic E-state index is 0.0487. The van der Waals surface area contributed by atoms with Crippen LogP contribution in [0, 0.1) is 5.82 Å². The van der Waals surface area contributed by atoms with Crippen LogP contribution in [-0.4, -0.2) is 59.1 Å². The van der Waals surface area contributed by atoms with Gasteiger partial charge in [0.25, 0.3) is 0 Å². The standard InChI is InChI=1S/C18H21ClFN7O3S/c1-3-31(29,30)25-5-4-21-18(28)10(2)26-17-14(20)9-24-16(27-17)13-8-23-15-12(13)6-11(19)7-22-15/h6-10,25H,3-5H2,1-2H3,(H,21,28)(H,22,23)(H,24,26,27)/t10-/m0/s1. The number of halogens is 2. The second-order valence-electron chi connectivity index (χ2n) is 6.60. The molecular weight excluding hydrogens is 449 g/mol. The molecule has 0 spiro atoms. The monoisotopic (exact) mass is 469 g/mol. The Labute approximate surface area is 183 Å². The number of sulfonamides is 1. The summed E-state index contributed by atoms with van der Waals surface area (Å²) in [6.07, 6.45) is 4.14. The number of anilines is 1. The third kappa shape index (κ3) is 5.66. The molecule has 3 aromatic heterocycles. The molecule has 3 heterocycles. The number of rotatable bonds is 9. The van der Waals surface area contributed by atoms with Crippen LogP contribution >= 0.6 is 11.6 Å². The first-order valence-electron chi connectivity index (χ1n) is 9.37. The lowest BCUT2D eigenvalue weighted by Crippen LogP contribution is -2.41. The Morgan fingerprint density at radius 2 is 2.06 bits per heavy atom. The Hall–Kier alpha value is -2.83. The lowest BCUT2D eigenvalue weighted by atomic mass is 10.2. The maximum Gasteiger partial charge on any atom is 0.242 e. The Morgan fingerprint density at radius 1 is 1.29 bits per heavy atom. The molecule has 0 aromatic carbocycles. The number of pyridine rings is 1. The summed E-state index contributed by atoms with van der Waals surface area (Å²) in [5.74, 6) is -1.15. The van der Waals surface area contributed by atoms with Crippen molar-refractivity contribution in [3.05, 3.63) is 35.5 Å². The third-order valence-corrected chi connectivity index (χ3v) is 5.97. The second kappa shape index (κ2) is 9.54. The highest BCUT2D eigenvalue weighted by atomic mass is 35.5. The zero-order valence-corrected chi connectivity index (χ0v) is 18.3. The van der Waals surface area contributed by atoms with Crippen LogP contribution in [0.25, 0.3) is 22.4 Å². The molecule has 1 amide bonds. The topological polar surface area (TPSA) is 142 Å². The van der Waals surface area contributed by atoms with Gasteiger partial charge in [-0.15, -0.1) is 0 Å². The first-order valence-corrected chi connectivity index (χ1v) is 11.4. The number of fused-ring (bicyclic) bond motifs is 1. The fourth-order valence-corrected chi connectivity index (χ4v) is 3.45. The van der Waals surface area contributed by atoms with Crippen LogP contribution in [0.5, 0.6) is 0 Å². The summed E-state index contributed by atoms with van der Waals surface area (Å²) in [6, 6.07) is 0.859. The highest BCUT2D eigenvalue weighted by Gasteiger charge is 2.18. The molecule has 4 N–H and O–H groups in total. The van der Waals surface area contributed by atoms with E-state index in [9.17, 15) is 17.6 Å². The van der Waals surface area contributed by atoms with Gasteiger partial charge in [0.1, 0.15) is 11.7 Å². The van der Waals surface area contributed by atoms with E-state index >= 15 is 0 Å². The van der Waals surface area contributed by atoms with E-state index in [4.69, 9.17) is 11.6 Å². The average molecular weight is 470 g/mol. The van der Waals surface area contributed by atoms with Crippen LogP contribution in [0.3, 0.4) is 0 Å². The van der Waals surface area contributed by atoms with Gasteiger partial charge in [-0.05, 0) is 19.9 Å². The molecule has 3 aromatic rings. The van der Waals surface area contributed by atoms with E-state index in [0.29, 0.717) is 21.6 Å². The summed E-state index contributed by atoms with van der Waals surface area (Å²) >= 11 is 6.01. The minimum Gasteiger partial charge on any atom is -0.356 e. The third-order valence-electron chi connectivity index (χ3n) is 4.36. The summed E-state index contributed by atoms with van der Waals surface area (Å²) in [5.41, 5.74) is 1.15. The van der Waals surface area contributed by atoms with Gasteiger partial charge in [-0.3, -0.25) is 4.79 Å². The lowest BCUT2D eigenvalue weighted by molar-refractivity contribution is -0.121. The van der Waals surface area contributed by atoms with Crippen molar-refractivity contribution in [1.29, 1.82) is 0 Å². The van der Waals surface area contributed by atoms with Crippen LogP contribution in [0.4, 0.5) is 10.2 Å². The van der Waals surface area contributed by atoms with Crippen LogP contribution in [-0.2, 0) is 14.8 Å².